The van der Waals surface area contributed by atoms with Crippen LogP contribution < -0.4 is 15.4 Å². The Balaban J connectivity index is 1.78. The average molecular weight is 409 g/mol. The molecule has 10 heteroatoms. The molecule has 0 bridgehead atoms. The highest BCUT2D eigenvalue weighted by Crippen LogP contribution is 2.35. The van der Waals surface area contributed by atoms with Gasteiger partial charge in [0.25, 0.3) is 5.56 Å². The second kappa shape index (κ2) is 7.66. The minimum absolute atomic E-state index is 0.0126. The number of ether oxygens (including phenoxy) is 1. The zero-order valence-electron chi connectivity index (χ0n) is 16.0. The zero-order chi connectivity index (χ0) is 20.6. The molecule has 0 aromatic carbocycles. The van der Waals surface area contributed by atoms with E-state index in [0.717, 1.165) is 0 Å². The Labute approximate surface area is 165 Å². The van der Waals surface area contributed by atoms with Crippen LogP contribution in [0.3, 0.4) is 0 Å². The highest BCUT2D eigenvalue weighted by Gasteiger charge is 2.47. The molecule has 1 saturated heterocycles. The Morgan fingerprint density at radius 1 is 1.24 bits per heavy atom. The first-order valence-electron chi connectivity index (χ1n) is 9.53. The molecule has 7 nitrogen and oxygen atoms in total. The molecular weight excluding hydrogens is 387 g/mol. The van der Waals surface area contributed by atoms with E-state index in [2.05, 4.69) is 9.97 Å². The van der Waals surface area contributed by atoms with Crippen LogP contribution in [-0.2, 0) is 17.8 Å². The van der Waals surface area contributed by atoms with Crippen LogP contribution in [0.4, 0.5) is 24.9 Å². The first-order chi connectivity index (χ1) is 13.8. The summed E-state index contributed by atoms with van der Waals surface area (Å²) in [4.78, 5) is 24.3. The largest absolute Gasteiger partial charge is 0.408 e. The van der Waals surface area contributed by atoms with Gasteiger partial charge in [0.2, 0.25) is 5.95 Å². The molecule has 2 aliphatic rings. The molecular formula is C19H22F3N5O2. The van der Waals surface area contributed by atoms with Crippen LogP contribution in [0.15, 0.2) is 35.4 Å². The third kappa shape index (κ3) is 3.93. The first-order valence-corrected chi connectivity index (χ1v) is 9.53. The summed E-state index contributed by atoms with van der Waals surface area (Å²) in [5, 5.41) is 0. The number of halogens is 3. The fourth-order valence-electron chi connectivity index (χ4n) is 3.88. The van der Waals surface area contributed by atoms with Crippen molar-refractivity contribution < 1.29 is 17.9 Å². The van der Waals surface area contributed by atoms with Crippen LogP contribution in [0.5, 0.6) is 0 Å². The van der Waals surface area contributed by atoms with E-state index in [-0.39, 0.29) is 37.1 Å². The molecule has 2 unspecified atom stereocenters. The van der Waals surface area contributed by atoms with E-state index in [4.69, 9.17) is 4.74 Å². The summed E-state index contributed by atoms with van der Waals surface area (Å²) >= 11 is 0. The summed E-state index contributed by atoms with van der Waals surface area (Å²) in [6.07, 6.45) is -1.56. The minimum Gasteiger partial charge on any atom is -0.377 e. The lowest BCUT2D eigenvalue weighted by Gasteiger charge is -2.40. The lowest BCUT2D eigenvalue weighted by atomic mass is 10.1. The van der Waals surface area contributed by atoms with Crippen molar-refractivity contribution in [3.05, 3.63) is 46.5 Å². The van der Waals surface area contributed by atoms with E-state index in [1.54, 1.807) is 12.1 Å². The standard InChI is InChI=1S/C19H22F3N5O2/c1-13-12-29-9-8-25(13)16-10-17(28)26-7-4-15(19(20,21)22)27(18(26)24-16)11-14-2-5-23-6-3-14/h2-3,5-6,10,13,15H,4,7-9,11-12H2,1H3. The number of hydrogen-bond donors (Lipinski definition) is 0. The van der Waals surface area contributed by atoms with Crippen molar-refractivity contribution in [2.24, 2.45) is 0 Å². The molecule has 0 amide bonds. The van der Waals surface area contributed by atoms with Crippen LogP contribution in [-0.4, -0.2) is 52.6 Å². The molecule has 0 spiro atoms. The Morgan fingerprint density at radius 3 is 2.69 bits per heavy atom. The van der Waals surface area contributed by atoms with Crippen LogP contribution in [0.25, 0.3) is 0 Å². The van der Waals surface area contributed by atoms with Crippen molar-refractivity contribution in [2.45, 2.75) is 44.7 Å². The number of fused-ring (bicyclic) bond motifs is 1. The third-order valence-electron chi connectivity index (χ3n) is 5.38. The molecule has 0 saturated carbocycles. The van der Waals surface area contributed by atoms with E-state index in [1.165, 1.54) is 27.9 Å². The minimum atomic E-state index is -4.43. The maximum Gasteiger partial charge on any atom is 0.408 e. The highest BCUT2D eigenvalue weighted by atomic mass is 19.4. The number of hydrogen-bond acceptors (Lipinski definition) is 6. The Hall–Kier alpha value is -2.62. The van der Waals surface area contributed by atoms with E-state index >= 15 is 0 Å². The number of rotatable bonds is 3. The molecule has 2 aromatic rings. The third-order valence-corrected chi connectivity index (χ3v) is 5.38. The average Bonchev–Trinajstić information content (AvgIpc) is 2.68. The number of nitrogens with zero attached hydrogens (tertiary/aromatic N) is 5. The zero-order valence-corrected chi connectivity index (χ0v) is 16.0. The first kappa shape index (κ1) is 19.7. The molecule has 2 aliphatic heterocycles. The van der Waals surface area contributed by atoms with Crippen molar-refractivity contribution in [1.29, 1.82) is 0 Å². The molecule has 0 radical (unpaired) electrons. The lowest BCUT2D eigenvalue weighted by molar-refractivity contribution is -0.153. The predicted octanol–water partition coefficient (Wildman–Crippen LogP) is 2.20. The van der Waals surface area contributed by atoms with Gasteiger partial charge in [-0.15, -0.1) is 0 Å². The van der Waals surface area contributed by atoms with Gasteiger partial charge in [-0.05, 0) is 31.0 Å². The van der Waals surface area contributed by atoms with E-state index < -0.39 is 12.2 Å². The maximum absolute atomic E-state index is 13.8. The van der Waals surface area contributed by atoms with Crippen LogP contribution in [0.1, 0.15) is 18.9 Å². The fourth-order valence-corrected chi connectivity index (χ4v) is 3.88. The van der Waals surface area contributed by atoms with Gasteiger partial charge < -0.3 is 14.5 Å². The van der Waals surface area contributed by atoms with E-state index in [1.807, 2.05) is 11.8 Å². The van der Waals surface area contributed by atoms with Crippen LogP contribution in [0, 0.1) is 0 Å². The van der Waals surface area contributed by atoms with Gasteiger partial charge in [-0.3, -0.25) is 14.3 Å². The molecule has 2 atom stereocenters. The van der Waals surface area contributed by atoms with Gasteiger partial charge in [0, 0.05) is 38.1 Å². The van der Waals surface area contributed by atoms with Crippen molar-refractivity contribution >= 4 is 11.8 Å². The van der Waals surface area contributed by atoms with Crippen LogP contribution >= 0.6 is 0 Å². The Kier molecular flexibility index (Phi) is 5.20. The molecule has 29 heavy (non-hydrogen) atoms. The second-order valence-corrected chi connectivity index (χ2v) is 7.35. The van der Waals surface area contributed by atoms with Crippen molar-refractivity contribution in [3.63, 3.8) is 0 Å². The van der Waals surface area contributed by atoms with Gasteiger partial charge in [-0.25, -0.2) is 0 Å². The van der Waals surface area contributed by atoms with Gasteiger partial charge in [-0.2, -0.15) is 18.2 Å². The number of anilines is 2. The van der Waals surface area contributed by atoms with Crippen LogP contribution in [0.2, 0.25) is 0 Å². The number of morpholine rings is 1. The summed E-state index contributed by atoms with van der Waals surface area (Å²) in [6, 6.07) is 3.01. The molecule has 0 N–H and O–H groups in total. The smallest absolute Gasteiger partial charge is 0.377 e. The van der Waals surface area contributed by atoms with Crippen molar-refractivity contribution in [2.75, 3.05) is 29.6 Å². The molecule has 156 valence electrons. The molecule has 4 heterocycles. The van der Waals surface area contributed by atoms with Gasteiger partial charge in [0.05, 0.1) is 19.3 Å². The van der Waals surface area contributed by atoms with Crippen molar-refractivity contribution in [3.8, 4) is 0 Å². The predicted molar refractivity (Wildman–Crippen MR) is 101 cm³/mol. The monoisotopic (exact) mass is 409 g/mol. The van der Waals surface area contributed by atoms with E-state index in [0.29, 0.717) is 31.1 Å². The topological polar surface area (TPSA) is 63.5 Å². The molecule has 2 aromatic heterocycles. The fraction of sp³-hybridized carbons (Fsp3) is 0.526. The van der Waals surface area contributed by atoms with Gasteiger partial charge in [0.15, 0.2) is 0 Å². The van der Waals surface area contributed by atoms with Gasteiger partial charge in [0.1, 0.15) is 11.9 Å². The molecule has 1 fully saturated rings. The normalized spacial score (nSPS) is 22.5. The number of alkyl halides is 3. The Morgan fingerprint density at radius 2 is 2.00 bits per heavy atom. The summed E-state index contributed by atoms with van der Waals surface area (Å²) in [7, 11) is 0. The second-order valence-electron chi connectivity index (χ2n) is 7.35. The highest BCUT2D eigenvalue weighted by molar-refractivity contribution is 5.48. The van der Waals surface area contributed by atoms with Gasteiger partial charge >= 0.3 is 6.18 Å². The molecule has 0 aliphatic carbocycles. The lowest BCUT2D eigenvalue weighted by Crippen LogP contribution is -2.52. The number of pyridine rings is 1. The molecule has 4 rings (SSSR count). The Bertz CT molecular complexity index is 918. The summed E-state index contributed by atoms with van der Waals surface area (Å²) in [5.74, 6) is 0.441. The SMILES string of the molecule is CC1COCCN1c1cc(=O)n2c(n1)N(Cc1ccncc1)C(C(F)(F)F)CC2. The summed E-state index contributed by atoms with van der Waals surface area (Å²) in [5.41, 5.74) is 0.325. The number of aromatic nitrogens is 3. The summed E-state index contributed by atoms with van der Waals surface area (Å²) < 4.78 is 48.2. The van der Waals surface area contributed by atoms with Gasteiger partial charge in [-0.1, -0.05) is 0 Å². The summed E-state index contributed by atoms with van der Waals surface area (Å²) in [6.45, 7) is 3.40. The maximum atomic E-state index is 13.8. The quantitative estimate of drug-likeness (QED) is 0.775. The van der Waals surface area contributed by atoms with Crippen molar-refractivity contribution in [1.82, 2.24) is 14.5 Å². The van der Waals surface area contributed by atoms with E-state index in [9.17, 15) is 18.0 Å².